The van der Waals surface area contributed by atoms with Crippen LogP contribution in [0.4, 0.5) is 10.1 Å². The number of anilines is 1. The number of benzene rings is 1. The molecule has 6 nitrogen and oxygen atoms in total. The zero-order chi connectivity index (χ0) is 16.8. The first-order valence-electron chi connectivity index (χ1n) is 7.29. The van der Waals surface area contributed by atoms with Crippen LogP contribution in [0.3, 0.4) is 0 Å². The molecule has 0 aliphatic carbocycles. The predicted molar refractivity (Wildman–Crippen MR) is 83.5 cm³/mol. The van der Waals surface area contributed by atoms with Crippen LogP contribution in [0, 0.1) is 5.82 Å². The summed E-state index contributed by atoms with van der Waals surface area (Å²) in [5.41, 5.74) is -0.175. The van der Waals surface area contributed by atoms with Crippen LogP contribution in [0.5, 0.6) is 0 Å². The maximum Gasteiger partial charge on any atom is 0.313 e. The topological polar surface area (TPSA) is 78.5 Å². The van der Waals surface area contributed by atoms with Crippen molar-refractivity contribution < 1.29 is 18.8 Å². The summed E-state index contributed by atoms with van der Waals surface area (Å²) >= 11 is 5.70. The number of rotatable bonds is 4. The molecular weight excluding hydrogens is 325 g/mol. The van der Waals surface area contributed by atoms with Crippen molar-refractivity contribution in [2.45, 2.75) is 19.3 Å². The van der Waals surface area contributed by atoms with Gasteiger partial charge in [0.1, 0.15) is 5.82 Å². The van der Waals surface area contributed by atoms with Crippen LogP contribution in [0.15, 0.2) is 18.2 Å². The van der Waals surface area contributed by atoms with Gasteiger partial charge in [-0.3, -0.25) is 14.4 Å². The Labute approximate surface area is 138 Å². The third kappa shape index (κ3) is 4.92. The zero-order valence-electron chi connectivity index (χ0n) is 12.4. The lowest BCUT2D eigenvalue weighted by atomic mass is 10.3. The second-order valence-corrected chi connectivity index (χ2v) is 5.61. The third-order valence-corrected chi connectivity index (χ3v) is 3.70. The Morgan fingerprint density at radius 3 is 2.57 bits per heavy atom. The first kappa shape index (κ1) is 17.2. The number of halogens is 2. The fourth-order valence-corrected chi connectivity index (χ4v) is 2.43. The van der Waals surface area contributed by atoms with E-state index >= 15 is 0 Å². The minimum atomic E-state index is -1.01. The molecule has 0 saturated carbocycles. The van der Waals surface area contributed by atoms with Crippen LogP contribution >= 0.6 is 11.6 Å². The molecule has 1 saturated heterocycles. The van der Waals surface area contributed by atoms with Gasteiger partial charge in [0.05, 0.1) is 5.69 Å². The molecule has 0 unspecified atom stereocenters. The average molecular weight is 342 g/mol. The van der Waals surface area contributed by atoms with E-state index in [0.29, 0.717) is 0 Å². The van der Waals surface area contributed by atoms with Gasteiger partial charge in [-0.05, 0) is 31.0 Å². The molecule has 1 heterocycles. The molecular formula is C15H17ClFN3O3. The van der Waals surface area contributed by atoms with Crippen molar-refractivity contribution >= 4 is 35.0 Å². The fraction of sp³-hybridized carbons (Fsp3) is 0.400. The van der Waals surface area contributed by atoms with E-state index in [2.05, 4.69) is 10.6 Å². The summed E-state index contributed by atoms with van der Waals surface area (Å²) in [4.78, 5) is 36.8. The molecule has 1 aromatic carbocycles. The van der Waals surface area contributed by atoms with E-state index in [0.717, 1.165) is 32.0 Å². The molecule has 23 heavy (non-hydrogen) atoms. The molecule has 2 N–H and O–H groups in total. The molecule has 0 atom stereocenters. The fourth-order valence-electron chi connectivity index (χ4n) is 2.26. The van der Waals surface area contributed by atoms with Crippen molar-refractivity contribution in [1.29, 1.82) is 0 Å². The molecule has 0 aromatic heterocycles. The molecule has 2 rings (SSSR count). The monoisotopic (exact) mass is 341 g/mol. The first-order chi connectivity index (χ1) is 11.0. The molecule has 8 heteroatoms. The van der Waals surface area contributed by atoms with Gasteiger partial charge in [-0.25, -0.2) is 4.39 Å². The summed E-state index contributed by atoms with van der Waals surface area (Å²) in [7, 11) is 0. The van der Waals surface area contributed by atoms with Gasteiger partial charge in [0, 0.05) is 31.1 Å². The Bertz CT molecular complexity index is 618. The van der Waals surface area contributed by atoms with E-state index in [4.69, 9.17) is 11.6 Å². The van der Waals surface area contributed by atoms with E-state index in [1.54, 1.807) is 4.90 Å². The van der Waals surface area contributed by atoms with Gasteiger partial charge < -0.3 is 15.5 Å². The quantitative estimate of drug-likeness (QED) is 0.815. The first-order valence-corrected chi connectivity index (χ1v) is 7.67. The molecule has 1 fully saturated rings. The number of carbonyl (C=O) groups is 3. The second-order valence-electron chi connectivity index (χ2n) is 5.17. The van der Waals surface area contributed by atoms with E-state index in [9.17, 15) is 18.8 Å². The highest BCUT2D eigenvalue weighted by atomic mass is 35.5. The summed E-state index contributed by atoms with van der Waals surface area (Å²) in [6.07, 6.45) is 2.11. The van der Waals surface area contributed by atoms with Crippen LogP contribution < -0.4 is 10.6 Å². The highest BCUT2D eigenvalue weighted by molar-refractivity contribution is 6.39. The summed E-state index contributed by atoms with van der Waals surface area (Å²) in [6.45, 7) is 1.53. The summed E-state index contributed by atoms with van der Waals surface area (Å²) in [5, 5.41) is 4.71. The maximum atomic E-state index is 13.5. The van der Waals surface area contributed by atoms with Crippen molar-refractivity contribution in [2.24, 2.45) is 0 Å². The Hall–Kier alpha value is -2.15. The maximum absolute atomic E-state index is 13.5. The minimum Gasteiger partial charge on any atom is -0.347 e. The van der Waals surface area contributed by atoms with Crippen LogP contribution in [0.25, 0.3) is 0 Å². The Morgan fingerprint density at radius 1 is 1.17 bits per heavy atom. The Morgan fingerprint density at radius 2 is 1.87 bits per heavy atom. The van der Waals surface area contributed by atoms with Crippen LogP contribution in [-0.4, -0.2) is 42.3 Å². The van der Waals surface area contributed by atoms with Crippen LogP contribution in [0.1, 0.15) is 19.3 Å². The average Bonchev–Trinajstić information content (AvgIpc) is 3.05. The minimum absolute atomic E-state index is 0.0518. The smallest absolute Gasteiger partial charge is 0.313 e. The third-order valence-electron chi connectivity index (χ3n) is 3.47. The molecule has 124 valence electrons. The molecule has 1 aliphatic rings. The predicted octanol–water partition coefficient (Wildman–Crippen LogP) is 1.55. The van der Waals surface area contributed by atoms with Gasteiger partial charge in [0.25, 0.3) is 0 Å². The standard InChI is InChI=1S/C15H17ClFN3O3/c16-10-3-4-11(17)12(9-10)19-15(23)14(22)18-6-5-13(21)20-7-1-2-8-20/h3-4,9H,1-2,5-8H2,(H,18,22)(H,19,23). The Balaban J connectivity index is 1.77. The Kier molecular flexibility index (Phi) is 5.92. The highest BCUT2D eigenvalue weighted by Gasteiger charge is 2.19. The number of likely N-dealkylation sites (tertiary alicyclic amines) is 1. The summed E-state index contributed by atoms with van der Waals surface area (Å²) in [6, 6.07) is 3.63. The number of carbonyl (C=O) groups excluding carboxylic acids is 3. The van der Waals surface area contributed by atoms with Crippen molar-refractivity contribution in [3.63, 3.8) is 0 Å². The van der Waals surface area contributed by atoms with Gasteiger partial charge in [0.2, 0.25) is 5.91 Å². The largest absolute Gasteiger partial charge is 0.347 e. The lowest BCUT2D eigenvalue weighted by Gasteiger charge is -2.15. The lowest BCUT2D eigenvalue weighted by Crippen LogP contribution is -2.38. The zero-order valence-corrected chi connectivity index (χ0v) is 13.2. The van der Waals surface area contributed by atoms with Crippen LogP contribution in [0.2, 0.25) is 5.02 Å². The molecule has 3 amide bonds. The SMILES string of the molecule is O=C(NCCC(=O)N1CCCC1)C(=O)Nc1cc(Cl)ccc1F. The highest BCUT2D eigenvalue weighted by Crippen LogP contribution is 2.19. The van der Waals surface area contributed by atoms with Crippen LogP contribution in [-0.2, 0) is 14.4 Å². The summed E-state index contributed by atoms with van der Waals surface area (Å²) < 4.78 is 13.5. The molecule has 0 bridgehead atoms. The van der Waals surface area contributed by atoms with Gasteiger partial charge in [0.15, 0.2) is 0 Å². The van der Waals surface area contributed by atoms with Crippen molar-refractivity contribution in [1.82, 2.24) is 10.2 Å². The molecule has 1 aliphatic heterocycles. The van der Waals surface area contributed by atoms with E-state index in [1.807, 2.05) is 0 Å². The van der Waals surface area contributed by atoms with E-state index in [-0.39, 0.29) is 29.6 Å². The second kappa shape index (κ2) is 7.92. The van der Waals surface area contributed by atoms with Gasteiger partial charge >= 0.3 is 11.8 Å². The van der Waals surface area contributed by atoms with Crippen molar-refractivity contribution in [3.05, 3.63) is 29.0 Å². The number of hydrogen-bond donors (Lipinski definition) is 2. The number of amides is 3. The molecule has 0 radical (unpaired) electrons. The number of hydrogen-bond acceptors (Lipinski definition) is 3. The lowest BCUT2D eigenvalue weighted by molar-refractivity contribution is -0.136. The van der Waals surface area contributed by atoms with E-state index in [1.165, 1.54) is 12.1 Å². The molecule has 1 aromatic rings. The van der Waals surface area contributed by atoms with E-state index < -0.39 is 17.6 Å². The van der Waals surface area contributed by atoms with Crippen molar-refractivity contribution in [2.75, 3.05) is 25.0 Å². The van der Waals surface area contributed by atoms with Gasteiger partial charge in [-0.15, -0.1) is 0 Å². The number of nitrogens with zero attached hydrogens (tertiary/aromatic N) is 1. The molecule has 0 spiro atoms. The summed E-state index contributed by atoms with van der Waals surface area (Å²) in [5.74, 6) is -2.69. The van der Waals surface area contributed by atoms with Crippen molar-refractivity contribution in [3.8, 4) is 0 Å². The van der Waals surface area contributed by atoms with Gasteiger partial charge in [-0.2, -0.15) is 0 Å². The normalized spacial score (nSPS) is 13.7. The van der Waals surface area contributed by atoms with Gasteiger partial charge in [-0.1, -0.05) is 11.6 Å². The number of nitrogens with one attached hydrogen (secondary N) is 2.